The molecule has 1 fully saturated rings. The molecule has 0 amide bonds. The van der Waals surface area contributed by atoms with Crippen LogP contribution < -0.4 is 20.1 Å². The number of benzene rings is 2. The Morgan fingerprint density at radius 3 is 2.40 bits per heavy atom. The summed E-state index contributed by atoms with van der Waals surface area (Å²) in [4.78, 5) is 7.31. The fraction of sp³-hybridized carbons (Fsp3) is 0.458. The molecule has 1 aliphatic rings. The van der Waals surface area contributed by atoms with Crippen molar-refractivity contribution in [3.63, 3.8) is 0 Å². The first-order valence-corrected chi connectivity index (χ1v) is 10.7. The number of piperidine rings is 1. The maximum atomic E-state index is 5.40. The Hall–Kier alpha value is -2.73. The number of guanidine groups is 1. The van der Waals surface area contributed by atoms with Gasteiger partial charge in [-0.05, 0) is 43.0 Å². The maximum absolute atomic E-state index is 5.40. The SMILES string of the molecule is CCNC(=NCc1ccc(OC)c(OC)c1)NC1CCN(Cc2ccccc2)CC1. The van der Waals surface area contributed by atoms with Crippen LogP contribution in [0.4, 0.5) is 0 Å². The Bertz CT molecular complexity index is 802. The normalized spacial score (nSPS) is 15.6. The van der Waals surface area contributed by atoms with E-state index in [0.717, 1.165) is 62.0 Å². The van der Waals surface area contributed by atoms with Crippen LogP contribution in [0.15, 0.2) is 53.5 Å². The van der Waals surface area contributed by atoms with E-state index >= 15 is 0 Å². The van der Waals surface area contributed by atoms with E-state index in [-0.39, 0.29) is 0 Å². The Kier molecular flexibility index (Phi) is 8.39. The van der Waals surface area contributed by atoms with Crippen LogP contribution in [0.2, 0.25) is 0 Å². The zero-order valence-electron chi connectivity index (χ0n) is 18.4. The number of aliphatic imine (C=N–C) groups is 1. The lowest BCUT2D eigenvalue weighted by Gasteiger charge is -2.33. The van der Waals surface area contributed by atoms with E-state index < -0.39 is 0 Å². The van der Waals surface area contributed by atoms with E-state index in [1.54, 1.807) is 14.2 Å². The molecule has 0 radical (unpaired) electrons. The van der Waals surface area contributed by atoms with Gasteiger partial charge >= 0.3 is 0 Å². The molecule has 2 aromatic rings. The molecule has 30 heavy (non-hydrogen) atoms. The van der Waals surface area contributed by atoms with Gasteiger partial charge in [-0.15, -0.1) is 0 Å². The van der Waals surface area contributed by atoms with Crippen molar-refractivity contribution in [3.05, 3.63) is 59.7 Å². The second-order valence-electron chi connectivity index (χ2n) is 7.56. The lowest BCUT2D eigenvalue weighted by molar-refractivity contribution is 0.198. The van der Waals surface area contributed by atoms with Crippen LogP contribution >= 0.6 is 0 Å². The zero-order valence-corrected chi connectivity index (χ0v) is 18.4. The largest absolute Gasteiger partial charge is 0.493 e. The molecule has 2 N–H and O–H groups in total. The number of hydrogen-bond acceptors (Lipinski definition) is 4. The highest BCUT2D eigenvalue weighted by Gasteiger charge is 2.20. The molecule has 0 aromatic heterocycles. The van der Waals surface area contributed by atoms with Crippen LogP contribution in [0.3, 0.4) is 0 Å². The summed E-state index contributed by atoms with van der Waals surface area (Å²) in [6.45, 7) is 6.74. The van der Waals surface area contributed by atoms with E-state index in [9.17, 15) is 0 Å². The number of methoxy groups -OCH3 is 2. The summed E-state index contributed by atoms with van der Waals surface area (Å²) in [6.07, 6.45) is 2.24. The summed E-state index contributed by atoms with van der Waals surface area (Å²) in [5.41, 5.74) is 2.47. The van der Waals surface area contributed by atoms with Crippen molar-refractivity contribution in [2.24, 2.45) is 4.99 Å². The van der Waals surface area contributed by atoms with E-state index in [1.165, 1.54) is 5.56 Å². The first-order valence-electron chi connectivity index (χ1n) is 10.7. The second kappa shape index (κ2) is 11.5. The molecule has 1 saturated heterocycles. The van der Waals surface area contributed by atoms with Crippen molar-refractivity contribution in [1.29, 1.82) is 0 Å². The average molecular weight is 411 g/mol. The molecule has 3 rings (SSSR count). The second-order valence-corrected chi connectivity index (χ2v) is 7.56. The predicted molar refractivity (Wildman–Crippen MR) is 122 cm³/mol. The zero-order chi connectivity index (χ0) is 21.2. The van der Waals surface area contributed by atoms with Crippen molar-refractivity contribution in [2.75, 3.05) is 33.9 Å². The first-order chi connectivity index (χ1) is 14.7. The predicted octanol–water partition coefficient (Wildman–Crippen LogP) is 3.42. The molecule has 0 aliphatic carbocycles. The van der Waals surface area contributed by atoms with E-state index in [2.05, 4.69) is 52.8 Å². The molecule has 6 nitrogen and oxygen atoms in total. The average Bonchev–Trinajstić information content (AvgIpc) is 2.79. The van der Waals surface area contributed by atoms with Gasteiger partial charge in [-0.3, -0.25) is 4.90 Å². The Balaban J connectivity index is 1.53. The molecular formula is C24H34N4O2. The van der Waals surface area contributed by atoms with Crippen molar-refractivity contribution < 1.29 is 9.47 Å². The number of nitrogens with one attached hydrogen (secondary N) is 2. The van der Waals surface area contributed by atoms with Crippen LogP contribution in [0, 0.1) is 0 Å². The fourth-order valence-electron chi connectivity index (χ4n) is 3.74. The Morgan fingerprint density at radius 2 is 1.73 bits per heavy atom. The van der Waals surface area contributed by atoms with E-state index in [0.29, 0.717) is 12.6 Å². The van der Waals surface area contributed by atoms with E-state index in [1.807, 2.05) is 18.2 Å². The molecule has 2 aromatic carbocycles. The monoisotopic (exact) mass is 410 g/mol. The number of hydrogen-bond donors (Lipinski definition) is 2. The number of nitrogens with zero attached hydrogens (tertiary/aromatic N) is 2. The first kappa shape index (κ1) is 22.0. The molecule has 0 unspecified atom stereocenters. The fourth-order valence-corrected chi connectivity index (χ4v) is 3.74. The summed E-state index contributed by atoms with van der Waals surface area (Å²) in [5, 5.41) is 6.99. The Labute approximate surface area is 180 Å². The molecular weight excluding hydrogens is 376 g/mol. The highest BCUT2D eigenvalue weighted by molar-refractivity contribution is 5.80. The summed E-state index contributed by atoms with van der Waals surface area (Å²) in [7, 11) is 3.30. The highest BCUT2D eigenvalue weighted by Crippen LogP contribution is 2.27. The van der Waals surface area contributed by atoms with Crippen molar-refractivity contribution >= 4 is 5.96 Å². The lowest BCUT2D eigenvalue weighted by atomic mass is 10.0. The van der Waals surface area contributed by atoms with Crippen LogP contribution in [0.5, 0.6) is 11.5 Å². The smallest absolute Gasteiger partial charge is 0.191 e. The molecule has 0 saturated carbocycles. The molecule has 0 spiro atoms. The third-order valence-corrected chi connectivity index (χ3v) is 5.39. The summed E-state index contributed by atoms with van der Waals surface area (Å²) in [6, 6.07) is 17.1. The van der Waals surface area contributed by atoms with Gasteiger partial charge in [0.25, 0.3) is 0 Å². The summed E-state index contributed by atoms with van der Waals surface area (Å²) < 4.78 is 10.7. The molecule has 162 valence electrons. The van der Waals surface area contributed by atoms with Gasteiger partial charge < -0.3 is 20.1 Å². The quantitative estimate of drug-likeness (QED) is 0.516. The highest BCUT2D eigenvalue weighted by atomic mass is 16.5. The van der Waals surface area contributed by atoms with Gasteiger partial charge in [0.15, 0.2) is 17.5 Å². The molecule has 1 aliphatic heterocycles. The molecule has 0 atom stereocenters. The maximum Gasteiger partial charge on any atom is 0.191 e. The molecule has 6 heteroatoms. The van der Waals surface area contributed by atoms with Crippen molar-refractivity contribution in [2.45, 2.75) is 38.9 Å². The van der Waals surface area contributed by atoms with Gasteiger partial charge in [0.05, 0.1) is 20.8 Å². The minimum Gasteiger partial charge on any atom is -0.493 e. The number of ether oxygens (including phenoxy) is 2. The lowest BCUT2D eigenvalue weighted by Crippen LogP contribution is -2.48. The number of rotatable bonds is 8. The van der Waals surface area contributed by atoms with Crippen LogP contribution in [-0.4, -0.2) is 50.8 Å². The third kappa shape index (κ3) is 6.39. The van der Waals surface area contributed by atoms with Gasteiger partial charge in [0, 0.05) is 32.2 Å². The standard InChI is InChI=1S/C24H34N4O2/c1-4-25-24(26-17-20-10-11-22(29-2)23(16-20)30-3)27-21-12-14-28(15-13-21)18-19-8-6-5-7-9-19/h5-11,16,21H,4,12-15,17-18H2,1-3H3,(H2,25,26,27). The number of likely N-dealkylation sites (tertiary alicyclic amines) is 1. The van der Waals surface area contributed by atoms with E-state index in [4.69, 9.17) is 14.5 Å². The summed E-state index contributed by atoms with van der Waals surface area (Å²) >= 11 is 0. The minimum atomic E-state index is 0.445. The van der Waals surface area contributed by atoms with Crippen LogP contribution in [0.1, 0.15) is 30.9 Å². The van der Waals surface area contributed by atoms with Crippen LogP contribution in [-0.2, 0) is 13.1 Å². The Morgan fingerprint density at radius 1 is 1.00 bits per heavy atom. The van der Waals surface area contributed by atoms with Gasteiger partial charge in [0.2, 0.25) is 0 Å². The van der Waals surface area contributed by atoms with Gasteiger partial charge in [-0.1, -0.05) is 36.4 Å². The minimum absolute atomic E-state index is 0.445. The van der Waals surface area contributed by atoms with Gasteiger partial charge in [-0.2, -0.15) is 0 Å². The van der Waals surface area contributed by atoms with Gasteiger partial charge in [0.1, 0.15) is 0 Å². The van der Waals surface area contributed by atoms with Crippen LogP contribution in [0.25, 0.3) is 0 Å². The molecule has 0 bridgehead atoms. The topological polar surface area (TPSA) is 58.1 Å². The third-order valence-electron chi connectivity index (χ3n) is 5.39. The van der Waals surface area contributed by atoms with Crippen molar-refractivity contribution in [3.8, 4) is 11.5 Å². The van der Waals surface area contributed by atoms with Crippen molar-refractivity contribution in [1.82, 2.24) is 15.5 Å². The van der Waals surface area contributed by atoms with Gasteiger partial charge in [-0.25, -0.2) is 4.99 Å². The molecule has 1 heterocycles. The summed E-state index contributed by atoms with van der Waals surface area (Å²) in [5.74, 6) is 2.33.